The Kier molecular flexibility index (Phi) is 2.90. The number of hydrogen-bond donors (Lipinski definition) is 0. The molecule has 0 spiro atoms. The van der Waals surface area contributed by atoms with E-state index < -0.39 is 21.4 Å². The Morgan fingerprint density at radius 3 is 2.76 bits per heavy atom. The number of halogens is 1. The van der Waals surface area contributed by atoms with Gasteiger partial charge in [0.2, 0.25) is 5.91 Å². The monoisotopic (exact) mass is 261 g/mol. The molecule has 94 valence electrons. The Hall–Kier alpha value is -1.44. The maximum absolute atomic E-state index is 12.8. The van der Waals surface area contributed by atoms with Gasteiger partial charge in [0.15, 0.2) is 0 Å². The maximum Gasteiger partial charge on any atom is 0.307 e. The van der Waals surface area contributed by atoms with Crippen molar-refractivity contribution in [1.29, 1.82) is 0 Å². The summed E-state index contributed by atoms with van der Waals surface area (Å²) in [7, 11) is -4.66. The summed E-state index contributed by atoms with van der Waals surface area (Å²) >= 11 is 0. The zero-order valence-electron chi connectivity index (χ0n) is 9.21. The molecular weight excluding hydrogens is 249 g/mol. The van der Waals surface area contributed by atoms with Crippen molar-refractivity contribution in [2.24, 2.45) is 0 Å². The van der Waals surface area contributed by atoms with Crippen LogP contribution in [0.15, 0.2) is 12.4 Å². The van der Waals surface area contributed by atoms with Crippen LogP contribution in [-0.2, 0) is 21.6 Å². The van der Waals surface area contributed by atoms with Gasteiger partial charge in [-0.15, -0.1) is 3.89 Å². The second-order valence-electron chi connectivity index (χ2n) is 3.86. The van der Waals surface area contributed by atoms with Gasteiger partial charge >= 0.3 is 10.2 Å². The second-order valence-corrected chi connectivity index (χ2v) is 5.48. The molecule has 0 bridgehead atoms. The molecule has 1 atom stereocenters. The number of rotatable bonds is 3. The lowest BCUT2D eigenvalue weighted by atomic mass is 10.4. The number of anilines is 1. The van der Waals surface area contributed by atoms with E-state index in [0.29, 0.717) is 12.2 Å². The van der Waals surface area contributed by atoms with Gasteiger partial charge in [-0.2, -0.15) is 13.5 Å². The summed E-state index contributed by atoms with van der Waals surface area (Å²) in [5, 5.41) is 2.72. The topological polar surface area (TPSA) is 72.3 Å². The fraction of sp³-hybridized carbons (Fsp3) is 0.556. The van der Waals surface area contributed by atoms with Crippen molar-refractivity contribution < 1.29 is 17.1 Å². The quantitative estimate of drug-likeness (QED) is 0.734. The average molecular weight is 261 g/mol. The van der Waals surface area contributed by atoms with Gasteiger partial charge in [0.05, 0.1) is 11.9 Å². The second kappa shape index (κ2) is 4.10. The van der Waals surface area contributed by atoms with Gasteiger partial charge in [-0.25, -0.2) is 0 Å². The third-order valence-electron chi connectivity index (χ3n) is 2.74. The highest BCUT2D eigenvalue weighted by molar-refractivity contribution is 7.87. The molecule has 8 heteroatoms. The lowest BCUT2D eigenvalue weighted by Gasteiger charge is -2.12. The zero-order chi connectivity index (χ0) is 12.6. The first kappa shape index (κ1) is 12.0. The van der Waals surface area contributed by atoms with E-state index >= 15 is 0 Å². The molecule has 0 aliphatic carbocycles. The summed E-state index contributed by atoms with van der Waals surface area (Å²) in [6, 6.07) is 0. The molecule has 1 fully saturated rings. The molecule has 17 heavy (non-hydrogen) atoms. The smallest absolute Gasteiger partial charge is 0.307 e. The van der Waals surface area contributed by atoms with Crippen LogP contribution >= 0.6 is 0 Å². The molecule has 1 unspecified atom stereocenters. The Labute approximate surface area is 98.2 Å². The minimum absolute atomic E-state index is 0.146. The Morgan fingerprint density at radius 1 is 1.59 bits per heavy atom. The summed E-state index contributed by atoms with van der Waals surface area (Å²) in [6.07, 6.45) is 2.79. The normalized spacial score (nSPS) is 21.2. The fourth-order valence-electron chi connectivity index (χ4n) is 1.78. The van der Waals surface area contributed by atoms with Crippen molar-refractivity contribution in [2.75, 3.05) is 11.4 Å². The van der Waals surface area contributed by atoms with Crippen molar-refractivity contribution in [3.63, 3.8) is 0 Å². The number of amides is 1. The van der Waals surface area contributed by atoms with Crippen molar-refractivity contribution in [3.8, 4) is 0 Å². The molecule has 1 aromatic rings. The van der Waals surface area contributed by atoms with E-state index in [2.05, 4.69) is 5.10 Å². The zero-order valence-corrected chi connectivity index (χ0v) is 10.0. The van der Waals surface area contributed by atoms with Crippen molar-refractivity contribution in [2.45, 2.75) is 25.1 Å². The third-order valence-corrected chi connectivity index (χ3v) is 3.86. The first-order chi connectivity index (χ1) is 7.91. The Bertz CT molecular complexity index is 539. The van der Waals surface area contributed by atoms with E-state index in [0.717, 1.165) is 0 Å². The van der Waals surface area contributed by atoms with Crippen LogP contribution in [-0.4, -0.2) is 35.9 Å². The number of hydrogen-bond acceptors (Lipinski definition) is 4. The van der Waals surface area contributed by atoms with Crippen LogP contribution in [0.2, 0.25) is 0 Å². The molecule has 2 rings (SSSR count). The van der Waals surface area contributed by atoms with E-state index in [1.807, 2.05) is 6.92 Å². The molecule has 0 N–H and O–H groups in total. The van der Waals surface area contributed by atoms with E-state index in [4.69, 9.17) is 0 Å². The van der Waals surface area contributed by atoms with Crippen LogP contribution in [0.3, 0.4) is 0 Å². The minimum atomic E-state index is -4.66. The molecule has 6 nitrogen and oxygen atoms in total. The molecule has 1 aliphatic heterocycles. The van der Waals surface area contributed by atoms with E-state index in [-0.39, 0.29) is 13.0 Å². The van der Waals surface area contributed by atoms with Crippen molar-refractivity contribution in [3.05, 3.63) is 12.4 Å². The SMILES string of the molecule is CCn1cc(N2CC(S(=O)(=O)F)CC2=O)cn1. The molecule has 1 saturated heterocycles. The maximum atomic E-state index is 12.8. The lowest BCUT2D eigenvalue weighted by molar-refractivity contribution is -0.117. The molecule has 1 aliphatic rings. The molecule has 2 heterocycles. The summed E-state index contributed by atoms with van der Waals surface area (Å²) in [4.78, 5) is 12.8. The Morgan fingerprint density at radius 2 is 2.29 bits per heavy atom. The van der Waals surface area contributed by atoms with E-state index in [1.165, 1.54) is 11.1 Å². The molecule has 1 aromatic heterocycles. The van der Waals surface area contributed by atoms with Gasteiger partial charge in [-0.3, -0.25) is 9.48 Å². The van der Waals surface area contributed by atoms with Crippen molar-refractivity contribution >= 4 is 21.8 Å². The number of carbonyl (C=O) groups is 1. The molecule has 0 radical (unpaired) electrons. The number of nitrogens with zero attached hydrogens (tertiary/aromatic N) is 3. The minimum Gasteiger partial charge on any atom is -0.308 e. The van der Waals surface area contributed by atoms with Gasteiger partial charge < -0.3 is 4.90 Å². The van der Waals surface area contributed by atoms with Gasteiger partial charge in [0.1, 0.15) is 5.25 Å². The standard InChI is InChI=1S/C9H12FN3O3S/c1-2-12-5-7(4-11-12)13-6-8(3-9(13)14)17(10,15)16/h4-5,8H,2-3,6H2,1H3. The summed E-state index contributed by atoms with van der Waals surface area (Å²) in [6.45, 7) is 2.39. The van der Waals surface area contributed by atoms with Gasteiger partial charge in [-0.05, 0) is 6.92 Å². The lowest BCUT2D eigenvalue weighted by Crippen LogP contribution is -2.26. The van der Waals surface area contributed by atoms with E-state index in [9.17, 15) is 17.1 Å². The first-order valence-electron chi connectivity index (χ1n) is 5.18. The highest BCUT2D eigenvalue weighted by atomic mass is 32.3. The van der Waals surface area contributed by atoms with Crippen LogP contribution in [0.5, 0.6) is 0 Å². The van der Waals surface area contributed by atoms with Crippen LogP contribution in [0.4, 0.5) is 9.57 Å². The van der Waals surface area contributed by atoms with Gasteiger partial charge in [0, 0.05) is 25.7 Å². The number of carbonyl (C=O) groups excluding carboxylic acids is 1. The molecule has 0 aromatic carbocycles. The molecule has 1 amide bonds. The fourth-order valence-corrected chi connectivity index (χ4v) is 2.45. The third kappa shape index (κ3) is 2.31. The average Bonchev–Trinajstić information content (AvgIpc) is 2.82. The predicted octanol–water partition coefficient (Wildman–Crippen LogP) is 0.308. The summed E-state index contributed by atoms with van der Waals surface area (Å²) < 4.78 is 35.9. The Balaban J connectivity index is 2.21. The van der Waals surface area contributed by atoms with Gasteiger partial charge in [0.25, 0.3) is 0 Å². The van der Waals surface area contributed by atoms with E-state index in [1.54, 1.807) is 10.9 Å². The van der Waals surface area contributed by atoms with Crippen molar-refractivity contribution in [1.82, 2.24) is 9.78 Å². The summed E-state index contributed by atoms with van der Waals surface area (Å²) in [5.41, 5.74) is 0.503. The molecule has 0 saturated carbocycles. The first-order valence-corrected chi connectivity index (χ1v) is 6.62. The highest BCUT2D eigenvalue weighted by Gasteiger charge is 2.39. The largest absolute Gasteiger partial charge is 0.308 e. The van der Waals surface area contributed by atoms with Crippen LogP contribution in [0.25, 0.3) is 0 Å². The number of aromatic nitrogens is 2. The van der Waals surface area contributed by atoms with Crippen LogP contribution in [0, 0.1) is 0 Å². The van der Waals surface area contributed by atoms with Crippen LogP contribution in [0.1, 0.15) is 13.3 Å². The van der Waals surface area contributed by atoms with Gasteiger partial charge in [-0.1, -0.05) is 0 Å². The molecular formula is C9H12FN3O3S. The van der Waals surface area contributed by atoms with Crippen LogP contribution < -0.4 is 4.90 Å². The predicted molar refractivity (Wildman–Crippen MR) is 58.7 cm³/mol. The summed E-state index contributed by atoms with van der Waals surface area (Å²) in [5.74, 6) is -0.396. The number of aryl methyl sites for hydroxylation is 1. The highest BCUT2D eigenvalue weighted by Crippen LogP contribution is 2.25.